The van der Waals surface area contributed by atoms with Crippen LogP contribution in [-0.2, 0) is 4.74 Å². The molecule has 0 N–H and O–H groups in total. The van der Waals surface area contributed by atoms with Crippen LogP contribution in [0.3, 0.4) is 0 Å². The standard InChI is InChI=1S/C24H50O/c1-9-13-15-21(11-3)23(17-19(5)6)25-24(18-20(7)8)22(12-4)16-14-10-2/h19-24H,9-18H2,1-8H3. The molecule has 4 atom stereocenters. The van der Waals surface area contributed by atoms with Crippen molar-refractivity contribution < 1.29 is 4.74 Å². The number of ether oxygens (including phenoxy) is 1. The highest BCUT2D eigenvalue weighted by Crippen LogP contribution is 2.31. The molecule has 25 heavy (non-hydrogen) atoms. The maximum absolute atomic E-state index is 6.97. The van der Waals surface area contributed by atoms with Crippen molar-refractivity contribution >= 4 is 0 Å². The first-order valence-electron chi connectivity index (χ1n) is 11.5. The molecule has 0 amide bonds. The molecule has 152 valence electrons. The first kappa shape index (κ1) is 25.0. The summed E-state index contributed by atoms with van der Waals surface area (Å²) in [6.07, 6.45) is 13.8. The zero-order valence-electron chi connectivity index (χ0n) is 18.9. The predicted molar refractivity (Wildman–Crippen MR) is 114 cm³/mol. The quantitative estimate of drug-likeness (QED) is 0.271. The third-order valence-electron chi connectivity index (χ3n) is 5.71. The lowest BCUT2D eigenvalue weighted by atomic mass is 9.85. The first-order valence-corrected chi connectivity index (χ1v) is 11.5. The number of hydrogen-bond donors (Lipinski definition) is 0. The molecule has 0 bridgehead atoms. The number of unbranched alkanes of at least 4 members (excludes halogenated alkanes) is 2. The van der Waals surface area contributed by atoms with Gasteiger partial charge in [-0.1, -0.05) is 93.9 Å². The van der Waals surface area contributed by atoms with Crippen molar-refractivity contribution in [3.05, 3.63) is 0 Å². The second kappa shape index (κ2) is 15.1. The van der Waals surface area contributed by atoms with Gasteiger partial charge < -0.3 is 4.74 Å². The van der Waals surface area contributed by atoms with Crippen molar-refractivity contribution in [2.24, 2.45) is 23.7 Å². The van der Waals surface area contributed by atoms with E-state index < -0.39 is 0 Å². The molecule has 0 aliphatic rings. The topological polar surface area (TPSA) is 9.23 Å². The van der Waals surface area contributed by atoms with Gasteiger partial charge in [0.05, 0.1) is 12.2 Å². The molecule has 0 aromatic heterocycles. The Morgan fingerprint density at radius 1 is 0.600 bits per heavy atom. The largest absolute Gasteiger partial charge is 0.374 e. The van der Waals surface area contributed by atoms with Crippen LogP contribution >= 0.6 is 0 Å². The van der Waals surface area contributed by atoms with Gasteiger partial charge >= 0.3 is 0 Å². The van der Waals surface area contributed by atoms with Crippen LogP contribution in [0.4, 0.5) is 0 Å². The summed E-state index contributed by atoms with van der Waals surface area (Å²) in [7, 11) is 0. The van der Waals surface area contributed by atoms with Gasteiger partial charge in [-0.25, -0.2) is 0 Å². The Morgan fingerprint density at radius 3 is 1.20 bits per heavy atom. The Bertz CT molecular complexity index is 256. The van der Waals surface area contributed by atoms with E-state index in [1.165, 1.54) is 64.2 Å². The Kier molecular flexibility index (Phi) is 15.0. The van der Waals surface area contributed by atoms with Crippen molar-refractivity contribution in [3.8, 4) is 0 Å². The van der Waals surface area contributed by atoms with Gasteiger partial charge in [-0.05, 0) is 49.4 Å². The van der Waals surface area contributed by atoms with E-state index in [4.69, 9.17) is 4.74 Å². The van der Waals surface area contributed by atoms with E-state index in [2.05, 4.69) is 55.4 Å². The lowest BCUT2D eigenvalue weighted by Crippen LogP contribution is -2.35. The smallest absolute Gasteiger partial charge is 0.0609 e. The summed E-state index contributed by atoms with van der Waals surface area (Å²) in [5, 5.41) is 0. The Morgan fingerprint density at radius 2 is 0.960 bits per heavy atom. The number of rotatable bonds is 16. The predicted octanol–water partition coefficient (Wildman–Crippen LogP) is 8.27. The minimum absolute atomic E-state index is 0.455. The molecule has 0 radical (unpaired) electrons. The van der Waals surface area contributed by atoms with Crippen LogP contribution < -0.4 is 0 Å². The average Bonchev–Trinajstić information content (AvgIpc) is 2.54. The zero-order valence-corrected chi connectivity index (χ0v) is 18.9. The fourth-order valence-electron chi connectivity index (χ4n) is 4.11. The highest BCUT2D eigenvalue weighted by atomic mass is 16.5. The van der Waals surface area contributed by atoms with Gasteiger partial charge in [0, 0.05) is 0 Å². The Labute approximate surface area is 160 Å². The van der Waals surface area contributed by atoms with Gasteiger partial charge in [0.1, 0.15) is 0 Å². The third-order valence-corrected chi connectivity index (χ3v) is 5.71. The normalized spacial score (nSPS) is 17.0. The summed E-state index contributed by atoms with van der Waals surface area (Å²) in [6, 6.07) is 0. The van der Waals surface area contributed by atoms with E-state index >= 15 is 0 Å². The summed E-state index contributed by atoms with van der Waals surface area (Å²) >= 11 is 0. The van der Waals surface area contributed by atoms with Gasteiger partial charge in [-0.3, -0.25) is 0 Å². The fraction of sp³-hybridized carbons (Fsp3) is 1.00. The van der Waals surface area contributed by atoms with E-state index in [9.17, 15) is 0 Å². The lowest BCUT2D eigenvalue weighted by molar-refractivity contribution is -0.0890. The number of hydrogen-bond acceptors (Lipinski definition) is 1. The SMILES string of the molecule is CCCCC(CC)C(CC(C)C)OC(CC(C)C)C(CC)CCCC. The molecule has 1 heteroatoms. The van der Waals surface area contributed by atoms with Crippen LogP contribution in [0, 0.1) is 23.7 Å². The highest BCUT2D eigenvalue weighted by molar-refractivity contribution is 4.78. The maximum Gasteiger partial charge on any atom is 0.0609 e. The van der Waals surface area contributed by atoms with Crippen molar-refractivity contribution in [1.82, 2.24) is 0 Å². The molecule has 4 unspecified atom stereocenters. The molecule has 0 heterocycles. The molecule has 0 saturated carbocycles. The van der Waals surface area contributed by atoms with Crippen molar-refractivity contribution in [3.63, 3.8) is 0 Å². The molecule has 0 aromatic rings. The van der Waals surface area contributed by atoms with Crippen molar-refractivity contribution in [2.75, 3.05) is 0 Å². The summed E-state index contributed by atoms with van der Waals surface area (Å²) in [5.74, 6) is 2.91. The molecule has 0 aliphatic carbocycles. The molecular formula is C24H50O. The summed E-state index contributed by atoms with van der Waals surface area (Å²) in [5.41, 5.74) is 0. The van der Waals surface area contributed by atoms with Gasteiger partial charge in [0.15, 0.2) is 0 Å². The molecule has 0 aliphatic heterocycles. The highest BCUT2D eigenvalue weighted by Gasteiger charge is 2.29. The summed E-state index contributed by atoms with van der Waals surface area (Å²) < 4.78 is 6.97. The van der Waals surface area contributed by atoms with Gasteiger partial charge in [0.25, 0.3) is 0 Å². The minimum Gasteiger partial charge on any atom is -0.374 e. The van der Waals surface area contributed by atoms with Crippen LogP contribution in [-0.4, -0.2) is 12.2 Å². The van der Waals surface area contributed by atoms with E-state index in [-0.39, 0.29) is 0 Å². The van der Waals surface area contributed by atoms with Gasteiger partial charge in [-0.2, -0.15) is 0 Å². The molecule has 0 saturated heterocycles. The third kappa shape index (κ3) is 11.3. The molecule has 0 spiro atoms. The zero-order chi connectivity index (χ0) is 19.2. The second-order valence-electron chi connectivity index (χ2n) is 9.09. The lowest BCUT2D eigenvalue weighted by Gasteiger charge is -2.36. The molecule has 0 fully saturated rings. The first-order chi connectivity index (χ1) is 11.9. The summed E-state index contributed by atoms with van der Waals surface area (Å²) in [6.45, 7) is 18.8. The van der Waals surface area contributed by atoms with Crippen LogP contribution in [0.2, 0.25) is 0 Å². The summed E-state index contributed by atoms with van der Waals surface area (Å²) in [4.78, 5) is 0. The van der Waals surface area contributed by atoms with Gasteiger partial charge in [0.2, 0.25) is 0 Å². The maximum atomic E-state index is 6.97. The second-order valence-corrected chi connectivity index (χ2v) is 9.09. The van der Waals surface area contributed by atoms with Crippen molar-refractivity contribution in [2.45, 2.75) is 132 Å². The Balaban J connectivity index is 5.18. The van der Waals surface area contributed by atoms with E-state index in [0.717, 1.165) is 23.7 Å². The monoisotopic (exact) mass is 354 g/mol. The Hall–Kier alpha value is -0.0400. The average molecular weight is 355 g/mol. The van der Waals surface area contributed by atoms with Crippen molar-refractivity contribution in [1.29, 1.82) is 0 Å². The van der Waals surface area contributed by atoms with Crippen LogP contribution in [0.15, 0.2) is 0 Å². The van der Waals surface area contributed by atoms with Gasteiger partial charge in [-0.15, -0.1) is 0 Å². The van der Waals surface area contributed by atoms with E-state index in [1.807, 2.05) is 0 Å². The van der Waals surface area contributed by atoms with E-state index in [1.54, 1.807) is 0 Å². The molecule has 0 rings (SSSR count). The molecule has 1 nitrogen and oxygen atoms in total. The van der Waals surface area contributed by atoms with Crippen LogP contribution in [0.25, 0.3) is 0 Å². The molecular weight excluding hydrogens is 304 g/mol. The van der Waals surface area contributed by atoms with E-state index in [0.29, 0.717) is 12.2 Å². The molecule has 0 aromatic carbocycles. The van der Waals surface area contributed by atoms with Crippen LogP contribution in [0.5, 0.6) is 0 Å². The van der Waals surface area contributed by atoms with Crippen LogP contribution in [0.1, 0.15) is 120 Å². The minimum atomic E-state index is 0.455. The fourth-order valence-corrected chi connectivity index (χ4v) is 4.11.